The minimum absolute atomic E-state index is 0. The molecule has 0 bridgehead atoms. The molecule has 22 nitrogen and oxygen atoms in total. The van der Waals surface area contributed by atoms with Gasteiger partial charge in [-0.3, -0.25) is 62.1 Å². The van der Waals surface area contributed by atoms with Crippen LogP contribution in [0, 0.1) is 29.7 Å². The zero-order valence-electron chi connectivity index (χ0n) is 75.9. The summed E-state index contributed by atoms with van der Waals surface area (Å²) in [5, 5.41) is 11.2. The summed E-state index contributed by atoms with van der Waals surface area (Å²) in [4.78, 5) is 158. The summed E-state index contributed by atoms with van der Waals surface area (Å²) < 4.78 is 13.9. The average molecular weight is 2560 g/mol. The number of benzene rings is 10. The van der Waals surface area contributed by atoms with Crippen molar-refractivity contribution in [1.82, 2.24) is 9.55 Å². The molecule has 0 aliphatic carbocycles. The van der Waals surface area contributed by atoms with Crippen molar-refractivity contribution < 1.29 is 393 Å². The van der Waals surface area contributed by atoms with Crippen LogP contribution in [0.15, 0.2) is 206 Å². The summed E-state index contributed by atoms with van der Waals surface area (Å²) in [6, 6.07) is 61.1. The fraction of sp³-hybridized carbons (Fsp3) is 0.221. The molecular formula is C95H110N8O14Si3Y10-4. The van der Waals surface area contributed by atoms with Gasteiger partial charge >= 0.3 is 8.56 Å². The number of fused-ring (bicyclic) bond motifs is 5. The minimum Gasteiger partial charge on any atom is -0.424 e. The first-order valence-electron chi connectivity index (χ1n) is 37.6. The van der Waals surface area contributed by atoms with Gasteiger partial charge in [-0.15, -0.1) is 0 Å². The van der Waals surface area contributed by atoms with Crippen LogP contribution in [-0.2, 0) is 342 Å². The first-order chi connectivity index (χ1) is 54.3. The van der Waals surface area contributed by atoms with E-state index in [1.54, 1.807) is 107 Å². The molecule has 35 heteroatoms. The van der Waals surface area contributed by atoms with Gasteiger partial charge in [0.2, 0.25) is 0 Å². The quantitative estimate of drug-likeness (QED) is 0.0200. The van der Waals surface area contributed by atoms with Gasteiger partial charge in [0, 0.05) is 413 Å². The van der Waals surface area contributed by atoms with E-state index < -0.39 is 49.1 Å². The summed E-state index contributed by atoms with van der Waals surface area (Å²) in [5.74, 6) is -3.25. The van der Waals surface area contributed by atoms with Gasteiger partial charge < -0.3 is 58.9 Å². The molecule has 0 unspecified atom stereocenters. The molecule has 0 fully saturated rings. The van der Waals surface area contributed by atoms with Gasteiger partial charge in [-0.1, -0.05) is 127 Å². The van der Waals surface area contributed by atoms with E-state index in [4.69, 9.17) is 8.23 Å². The van der Waals surface area contributed by atoms with Crippen molar-refractivity contribution in [3.63, 3.8) is 0 Å². The zero-order chi connectivity index (χ0) is 82.4. The molecule has 0 spiro atoms. The van der Waals surface area contributed by atoms with Gasteiger partial charge in [-0.2, -0.15) is 0 Å². The first kappa shape index (κ1) is 139. The van der Waals surface area contributed by atoms with Crippen molar-refractivity contribution >= 4 is 141 Å². The van der Waals surface area contributed by atoms with Crippen molar-refractivity contribution in [3.8, 4) is 11.1 Å². The molecule has 4 aliphatic rings. The largest absolute Gasteiger partial charge is 0.424 e. The third kappa shape index (κ3) is 32.6. The molecule has 0 atom stereocenters. The molecule has 130 heavy (non-hydrogen) atoms. The molecule has 10 radical (unpaired) electrons. The van der Waals surface area contributed by atoms with Crippen molar-refractivity contribution in [2.45, 2.75) is 114 Å². The predicted octanol–water partition coefficient (Wildman–Crippen LogP) is 20.1. The molecule has 0 saturated carbocycles. The van der Waals surface area contributed by atoms with E-state index in [0.717, 1.165) is 50.9 Å². The van der Waals surface area contributed by atoms with Crippen LogP contribution in [0.1, 0.15) is 204 Å². The van der Waals surface area contributed by atoms with Gasteiger partial charge in [0.05, 0.1) is 61.6 Å². The Balaban J connectivity index is -0.000000379. The molecule has 0 aromatic heterocycles. The van der Waals surface area contributed by atoms with Gasteiger partial charge in [0.25, 0.3) is 64.2 Å². The normalized spacial score (nSPS) is 11.8. The van der Waals surface area contributed by atoms with Gasteiger partial charge in [-0.25, -0.2) is 14.7 Å². The van der Waals surface area contributed by atoms with Crippen molar-refractivity contribution in [2.24, 2.45) is 0 Å². The van der Waals surface area contributed by atoms with Crippen molar-refractivity contribution in [3.05, 3.63) is 314 Å². The number of nitrogens with one attached hydrogen (secondary N) is 4. The maximum atomic E-state index is 13.1. The van der Waals surface area contributed by atoms with Crippen molar-refractivity contribution in [1.29, 1.82) is 0 Å². The maximum absolute atomic E-state index is 13.1. The number of hydrogen-bond acceptors (Lipinski definition) is 18. The van der Waals surface area contributed by atoms with E-state index in [1.165, 1.54) is 49.1 Å². The standard InChI is InChI=1S/C25H22N2O3.C24H20N2O3.C22H18N2O3.C18H30N2O5Si3.2CH4.4CH3.10Y/c1-3-23(28)18-8-13-21-22(15-18)25(30)27(24(21)29)20-11-6-17(7-12-20)14-16-4-9-19(26-2)10-5-16;1-3-22(27)17-8-13-20-21(14-17)24(29)26(23(20)28)19-11-6-16(7-12-19)15-4-9-18(25-2)10-5-15;1-3-20(25)15-6-9-18-19(12-15)22(27)24(21(18)26)17-8-5-13-10-16(23-2)7-4-14(13)11-17;1-9-16(21)13-10-11-14-15(12-13)18(23)20(17(14)22)27(5,6)25-28(7,8)24-26(3,4)19-2;;;;;;;;;;;;;;;;/h4-13,15,26H,3,14H2,1-2H3;4-14,25H,3H2,1-2H3;4-12,23H,3H2,1-2H3;10-12,19H,9H2,1-8H3;2*1H4;4*1H3;;;;;;;;;;/q;;;;;;4*-1;;;;;;;;;;. The second kappa shape index (κ2) is 62.1. The molecule has 660 valence electrons. The number of nitrogens with zero attached hydrogens (tertiary/aromatic N) is 4. The van der Waals surface area contributed by atoms with Crippen LogP contribution < -0.4 is 35.6 Å². The van der Waals surface area contributed by atoms with Crippen LogP contribution in [0.25, 0.3) is 21.9 Å². The van der Waals surface area contributed by atoms with E-state index in [9.17, 15) is 57.5 Å². The number of carbonyl (C=O) groups excluding carboxylic acids is 12. The third-order valence-corrected chi connectivity index (χ3v) is 30.8. The van der Waals surface area contributed by atoms with Crippen LogP contribution >= 0.6 is 0 Å². The maximum Gasteiger partial charge on any atom is 0.313 e. The monoisotopic (exact) mass is 2560 g/mol. The SMILES string of the molecule is C.C.CCC(=O)c1ccc2c(c1)C(=O)N([Si](C)(C)O[Si](C)(C)O[Si](C)(C)NC)C2=O.CCC(=O)c1ccc2c(c1)C(=O)N(c1ccc(-c3ccc(NC)cc3)cc1)C2=O.CCC(=O)c1ccc2c(c1)C(=O)N(c1ccc(Cc3ccc(NC)cc3)cc1)C2=O.CCC(=O)c1ccc2c(c1)C(=O)N(c1ccc3cc(NC)ccc3c1)C2=O.[CH3-].[CH3-].[CH3-].[CH3-].[Y].[Y].[Y].[Y].[Y].[Y].[Y].[Y].[Y].[Y]. The molecule has 14 rings (SSSR count). The van der Waals surface area contributed by atoms with E-state index in [2.05, 4.69) is 33.1 Å². The molecular weight excluding hydrogens is 2450 g/mol. The summed E-state index contributed by atoms with van der Waals surface area (Å²) in [6.45, 7) is 18.7. The fourth-order valence-corrected chi connectivity index (χ4v) is 26.2. The Morgan fingerprint density at radius 1 is 0.300 bits per heavy atom. The second-order valence-electron chi connectivity index (χ2n) is 28.9. The van der Waals surface area contributed by atoms with E-state index in [-0.39, 0.29) is 441 Å². The van der Waals surface area contributed by atoms with Gasteiger partial charge in [0.15, 0.2) is 23.1 Å². The number of ketones is 4. The number of amides is 8. The number of carbonyl (C=O) groups is 12. The molecule has 10 aromatic rings. The zero-order valence-corrected chi connectivity index (χ0v) is 107. The Morgan fingerprint density at radius 3 is 0.900 bits per heavy atom. The number of imide groups is 4. The second-order valence-corrected chi connectivity index (χ2v) is 40.2. The van der Waals surface area contributed by atoms with E-state index >= 15 is 0 Å². The number of rotatable bonds is 23. The molecule has 4 N–H and O–H groups in total. The molecule has 8 amide bonds. The number of anilines is 6. The smallest absolute Gasteiger partial charge is 0.313 e. The van der Waals surface area contributed by atoms with Crippen LogP contribution in [0.4, 0.5) is 34.1 Å². The Labute approximate surface area is 1020 Å². The van der Waals surface area contributed by atoms with Crippen LogP contribution in [0.2, 0.25) is 39.3 Å². The Kier molecular flexibility index (Phi) is 66.5. The Morgan fingerprint density at radius 2 is 0.562 bits per heavy atom. The minimum atomic E-state index is -2.91. The molecule has 10 aromatic carbocycles. The van der Waals surface area contributed by atoms with Crippen molar-refractivity contribution in [2.75, 3.05) is 58.8 Å². The van der Waals surface area contributed by atoms with Crippen LogP contribution in [0.5, 0.6) is 0 Å². The van der Waals surface area contributed by atoms with E-state index in [1.807, 2.05) is 158 Å². The average Bonchev–Trinajstić information content (AvgIpc) is 1.61. The molecule has 4 heterocycles. The summed E-state index contributed by atoms with van der Waals surface area (Å²) >= 11 is 0. The number of Topliss-reactive ketones (excluding diaryl/α,β-unsaturated/α-hetero) is 4. The summed E-state index contributed by atoms with van der Waals surface area (Å²) in [6.07, 6.45) is 2.15. The van der Waals surface area contributed by atoms with Gasteiger partial charge in [-0.05, 0) is 207 Å². The third-order valence-electron chi connectivity index (χ3n) is 20.1. The Hall–Kier alpha value is -1.33. The van der Waals surface area contributed by atoms with E-state index in [0.29, 0.717) is 87.3 Å². The Bertz CT molecular complexity index is 5600. The molecule has 4 aliphatic heterocycles. The summed E-state index contributed by atoms with van der Waals surface area (Å²) in [5.41, 5.74) is 13.2. The fourth-order valence-electron chi connectivity index (χ4n) is 13.9. The topological polar surface area (TPSA) is 284 Å². The number of hydrogen-bond donors (Lipinski definition) is 4. The summed E-state index contributed by atoms with van der Waals surface area (Å²) in [7, 11) is -0.139. The molecule has 0 saturated heterocycles. The first-order valence-corrected chi connectivity index (χ1v) is 46.2. The van der Waals surface area contributed by atoms with Crippen LogP contribution in [0.3, 0.4) is 0 Å². The predicted molar refractivity (Wildman–Crippen MR) is 491 cm³/mol. The van der Waals surface area contributed by atoms with Gasteiger partial charge in [0.1, 0.15) is 0 Å². The van der Waals surface area contributed by atoms with Crippen LogP contribution in [-0.4, -0.2) is 129 Å².